The Labute approximate surface area is 151 Å². The Morgan fingerprint density at radius 1 is 1.20 bits per heavy atom. The molecule has 0 aliphatic rings. The van der Waals surface area contributed by atoms with Crippen LogP contribution in [-0.4, -0.2) is 38.0 Å². The van der Waals surface area contributed by atoms with Crippen LogP contribution in [0, 0.1) is 0 Å². The Morgan fingerprint density at radius 3 is 2.68 bits per heavy atom. The number of carbonyl (C=O) groups is 3. The number of methoxy groups -OCH3 is 1. The smallest absolute Gasteiger partial charge is 0.343 e. The molecule has 0 spiro atoms. The number of hydrogen-bond acceptors (Lipinski definition) is 6. The number of halogens is 1. The second-order valence-corrected chi connectivity index (χ2v) is 5.51. The number of ether oxygens (including phenoxy) is 2. The van der Waals surface area contributed by atoms with E-state index in [1.165, 1.54) is 13.2 Å². The van der Waals surface area contributed by atoms with E-state index in [4.69, 9.17) is 9.15 Å². The summed E-state index contributed by atoms with van der Waals surface area (Å²) < 4.78 is 15.2. The van der Waals surface area contributed by atoms with Crippen molar-refractivity contribution in [3.05, 3.63) is 46.8 Å². The average molecular weight is 411 g/mol. The van der Waals surface area contributed by atoms with E-state index in [-0.39, 0.29) is 18.9 Å². The zero-order valence-electron chi connectivity index (χ0n) is 13.2. The van der Waals surface area contributed by atoms with Crippen LogP contribution in [0.5, 0.6) is 5.75 Å². The van der Waals surface area contributed by atoms with Crippen LogP contribution in [0.3, 0.4) is 0 Å². The molecule has 2 amide bonds. The molecule has 8 nitrogen and oxygen atoms in total. The van der Waals surface area contributed by atoms with E-state index >= 15 is 0 Å². The first-order valence-electron chi connectivity index (χ1n) is 7.11. The summed E-state index contributed by atoms with van der Waals surface area (Å²) in [4.78, 5) is 34.7. The van der Waals surface area contributed by atoms with Gasteiger partial charge in [0.1, 0.15) is 5.75 Å². The maximum atomic E-state index is 11.9. The van der Waals surface area contributed by atoms with E-state index in [2.05, 4.69) is 31.3 Å². The highest BCUT2D eigenvalue weighted by molar-refractivity contribution is 9.10. The lowest BCUT2D eigenvalue weighted by Crippen LogP contribution is -2.32. The van der Waals surface area contributed by atoms with Crippen LogP contribution in [0.15, 0.2) is 45.5 Å². The lowest BCUT2D eigenvalue weighted by atomic mass is 10.3. The predicted molar refractivity (Wildman–Crippen MR) is 91.3 cm³/mol. The third-order valence-electron chi connectivity index (χ3n) is 2.91. The van der Waals surface area contributed by atoms with Crippen molar-refractivity contribution in [1.29, 1.82) is 0 Å². The van der Waals surface area contributed by atoms with Crippen molar-refractivity contribution in [2.24, 2.45) is 0 Å². The molecule has 2 rings (SSSR count). The minimum absolute atomic E-state index is 0.0953. The molecule has 0 saturated heterocycles. The summed E-state index contributed by atoms with van der Waals surface area (Å²) >= 11 is 3.09. The van der Waals surface area contributed by atoms with E-state index in [1.807, 2.05) is 0 Å². The first-order chi connectivity index (χ1) is 12.0. The first-order valence-corrected chi connectivity index (χ1v) is 7.90. The molecule has 132 valence electrons. The molecule has 2 N–H and O–H groups in total. The van der Waals surface area contributed by atoms with E-state index < -0.39 is 17.8 Å². The van der Waals surface area contributed by atoms with Gasteiger partial charge in [0.15, 0.2) is 17.0 Å². The summed E-state index contributed by atoms with van der Waals surface area (Å²) in [6.07, 6.45) is 0. The van der Waals surface area contributed by atoms with Gasteiger partial charge in [-0.1, -0.05) is 6.07 Å². The van der Waals surface area contributed by atoms with Crippen LogP contribution < -0.4 is 15.4 Å². The van der Waals surface area contributed by atoms with Gasteiger partial charge in [-0.25, -0.2) is 4.79 Å². The van der Waals surface area contributed by atoms with Crippen molar-refractivity contribution in [3.63, 3.8) is 0 Å². The van der Waals surface area contributed by atoms with E-state index in [9.17, 15) is 14.4 Å². The molecule has 1 aromatic heterocycles. The number of amides is 2. The maximum Gasteiger partial charge on any atom is 0.343 e. The lowest BCUT2D eigenvalue weighted by Gasteiger charge is -2.09. The van der Waals surface area contributed by atoms with Crippen LogP contribution in [0.2, 0.25) is 0 Å². The lowest BCUT2D eigenvalue weighted by molar-refractivity contribution is -0.142. The van der Waals surface area contributed by atoms with Gasteiger partial charge in [0.2, 0.25) is 5.91 Å². The molecule has 0 aliphatic carbocycles. The zero-order chi connectivity index (χ0) is 18.2. The predicted octanol–water partition coefficient (Wildman–Crippen LogP) is 1.96. The number of carbonyl (C=O) groups excluding carboxylic acids is 3. The molecule has 0 atom stereocenters. The third kappa shape index (κ3) is 5.96. The van der Waals surface area contributed by atoms with Crippen LogP contribution in [0.25, 0.3) is 0 Å². The van der Waals surface area contributed by atoms with Crippen molar-refractivity contribution in [2.45, 2.75) is 0 Å². The highest BCUT2D eigenvalue weighted by Gasteiger charge is 2.12. The zero-order valence-corrected chi connectivity index (χ0v) is 14.8. The van der Waals surface area contributed by atoms with E-state index in [1.54, 1.807) is 30.3 Å². The summed E-state index contributed by atoms with van der Waals surface area (Å²) in [5.74, 6) is -0.952. The fourth-order valence-electron chi connectivity index (χ4n) is 1.75. The second kappa shape index (κ2) is 8.88. The fraction of sp³-hybridized carbons (Fsp3) is 0.188. The minimum Gasteiger partial charge on any atom is -0.482 e. The van der Waals surface area contributed by atoms with Crippen molar-refractivity contribution in [1.82, 2.24) is 5.32 Å². The number of furan rings is 1. The summed E-state index contributed by atoms with van der Waals surface area (Å²) in [6, 6.07) is 9.55. The summed E-state index contributed by atoms with van der Waals surface area (Å²) in [6.45, 7) is -0.465. The van der Waals surface area contributed by atoms with Gasteiger partial charge in [0, 0.05) is 11.8 Å². The average Bonchev–Trinajstić information content (AvgIpc) is 3.04. The molecule has 0 unspecified atom stereocenters. The summed E-state index contributed by atoms with van der Waals surface area (Å²) in [5, 5.41) is 5.04. The molecular weight excluding hydrogens is 396 g/mol. The van der Waals surface area contributed by atoms with Gasteiger partial charge in [0.25, 0.3) is 5.91 Å². The molecule has 0 saturated carbocycles. The third-order valence-corrected chi connectivity index (χ3v) is 3.33. The van der Waals surface area contributed by atoms with Crippen LogP contribution in [0.4, 0.5) is 5.69 Å². The first kappa shape index (κ1) is 18.5. The van der Waals surface area contributed by atoms with Gasteiger partial charge in [-0.2, -0.15) is 0 Å². The van der Waals surface area contributed by atoms with Crippen molar-refractivity contribution in [3.8, 4) is 5.75 Å². The molecule has 25 heavy (non-hydrogen) atoms. The SMILES string of the molecule is COC(=O)COc1cccc(NC(=O)CNC(=O)c2ccc(Br)o2)c1. The fourth-order valence-corrected chi connectivity index (χ4v) is 2.06. The summed E-state index contributed by atoms with van der Waals surface area (Å²) in [7, 11) is 1.26. The number of hydrogen-bond donors (Lipinski definition) is 2. The monoisotopic (exact) mass is 410 g/mol. The molecular formula is C16H15BrN2O6. The molecule has 2 aromatic rings. The minimum atomic E-state index is -0.512. The molecule has 0 fully saturated rings. The molecule has 0 aliphatic heterocycles. The number of anilines is 1. The Kier molecular flexibility index (Phi) is 6.58. The highest BCUT2D eigenvalue weighted by Crippen LogP contribution is 2.17. The molecule has 9 heteroatoms. The van der Waals surface area contributed by atoms with Crippen molar-refractivity contribution < 1.29 is 28.3 Å². The van der Waals surface area contributed by atoms with Crippen LogP contribution in [-0.2, 0) is 14.3 Å². The van der Waals surface area contributed by atoms with Gasteiger partial charge in [-0.3, -0.25) is 9.59 Å². The highest BCUT2D eigenvalue weighted by atomic mass is 79.9. The quantitative estimate of drug-likeness (QED) is 0.675. The van der Waals surface area contributed by atoms with Gasteiger partial charge >= 0.3 is 5.97 Å². The Bertz CT molecular complexity index is 773. The van der Waals surface area contributed by atoms with Gasteiger partial charge in [0.05, 0.1) is 13.7 Å². The number of rotatable bonds is 7. The Hall–Kier alpha value is -2.81. The molecule has 0 radical (unpaired) electrons. The Balaban J connectivity index is 1.83. The van der Waals surface area contributed by atoms with Crippen molar-refractivity contribution in [2.75, 3.05) is 25.6 Å². The number of nitrogens with one attached hydrogen (secondary N) is 2. The van der Waals surface area contributed by atoms with Crippen LogP contribution in [0.1, 0.15) is 10.6 Å². The molecule has 1 aromatic carbocycles. The molecule has 1 heterocycles. The van der Waals surface area contributed by atoms with E-state index in [0.717, 1.165) is 0 Å². The summed E-state index contributed by atoms with van der Waals surface area (Å²) in [5.41, 5.74) is 0.461. The number of benzene rings is 1. The number of esters is 1. The van der Waals surface area contributed by atoms with Gasteiger partial charge in [-0.15, -0.1) is 0 Å². The standard InChI is InChI=1S/C16H15BrN2O6/c1-23-15(21)9-24-11-4-2-3-10(7-11)19-14(20)8-18-16(22)12-5-6-13(17)25-12/h2-7H,8-9H2,1H3,(H,18,22)(H,19,20). The van der Waals surface area contributed by atoms with E-state index in [0.29, 0.717) is 16.1 Å². The van der Waals surface area contributed by atoms with Gasteiger partial charge < -0.3 is 24.5 Å². The Morgan fingerprint density at radius 2 is 2.00 bits per heavy atom. The maximum absolute atomic E-state index is 11.9. The topological polar surface area (TPSA) is 107 Å². The van der Waals surface area contributed by atoms with Crippen LogP contribution >= 0.6 is 15.9 Å². The largest absolute Gasteiger partial charge is 0.482 e. The van der Waals surface area contributed by atoms with Gasteiger partial charge in [-0.05, 0) is 40.2 Å². The normalized spacial score (nSPS) is 10.0. The van der Waals surface area contributed by atoms with Crippen molar-refractivity contribution >= 4 is 39.4 Å². The molecule has 0 bridgehead atoms. The second-order valence-electron chi connectivity index (χ2n) is 4.73.